The fraction of sp³-hybridized carbons (Fsp3) is 0.455. The molecule has 1 rings (SSSR count). The lowest BCUT2D eigenvalue weighted by atomic mass is 10.2. The third kappa shape index (κ3) is 2.93. The van der Waals surface area contributed by atoms with Crippen LogP contribution >= 0.6 is 11.6 Å². The van der Waals surface area contributed by atoms with Crippen LogP contribution in [0.2, 0.25) is 5.15 Å². The highest BCUT2D eigenvalue weighted by Crippen LogP contribution is 2.12. The number of nitrogens with zero attached hydrogens (tertiary/aromatic N) is 2. The quantitative estimate of drug-likeness (QED) is 0.584. The van der Waals surface area contributed by atoms with Crippen molar-refractivity contribution in [3.8, 4) is 0 Å². The SMILES string of the molecule is C=CCCn1c(C(C)C)nc(Cl)cc1=O. The van der Waals surface area contributed by atoms with Crippen LogP contribution in [0.4, 0.5) is 0 Å². The van der Waals surface area contributed by atoms with Crippen molar-refractivity contribution in [2.45, 2.75) is 32.7 Å². The summed E-state index contributed by atoms with van der Waals surface area (Å²) >= 11 is 5.76. The van der Waals surface area contributed by atoms with Crippen LogP contribution in [0.3, 0.4) is 0 Å². The van der Waals surface area contributed by atoms with Crippen molar-refractivity contribution < 1.29 is 0 Å². The lowest BCUT2D eigenvalue weighted by Gasteiger charge is -2.13. The molecule has 0 N–H and O–H groups in total. The number of rotatable bonds is 4. The first kappa shape index (κ1) is 12.0. The molecule has 0 saturated heterocycles. The van der Waals surface area contributed by atoms with E-state index in [-0.39, 0.29) is 16.6 Å². The van der Waals surface area contributed by atoms with Crippen LogP contribution in [0.25, 0.3) is 0 Å². The second kappa shape index (κ2) is 5.12. The van der Waals surface area contributed by atoms with Crippen molar-refractivity contribution >= 4 is 11.6 Å². The average molecular weight is 227 g/mol. The third-order valence-corrected chi connectivity index (χ3v) is 2.27. The first-order chi connectivity index (χ1) is 7.06. The maximum absolute atomic E-state index is 11.7. The van der Waals surface area contributed by atoms with E-state index in [9.17, 15) is 4.79 Å². The van der Waals surface area contributed by atoms with Gasteiger partial charge in [-0.15, -0.1) is 6.58 Å². The van der Waals surface area contributed by atoms with E-state index in [2.05, 4.69) is 11.6 Å². The standard InChI is InChI=1S/C11H15ClN2O/c1-4-5-6-14-10(15)7-9(12)13-11(14)8(2)3/h4,7-8H,1,5-6H2,2-3H3. The highest BCUT2D eigenvalue weighted by atomic mass is 35.5. The van der Waals surface area contributed by atoms with Gasteiger partial charge in [-0.1, -0.05) is 31.5 Å². The summed E-state index contributed by atoms with van der Waals surface area (Å²) in [5.74, 6) is 0.913. The van der Waals surface area contributed by atoms with Crippen molar-refractivity contribution in [2.24, 2.45) is 0 Å². The molecule has 15 heavy (non-hydrogen) atoms. The molecule has 1 heterocycles. The third-order valence-electron chi connectivity index (χ3n) is 2.08. The average Bonchev–Trinajstić information content (AvgIpc) is 2.15. The van der Waals surface area contributed by atoms with E-state index in [1.165, 1.54) is 6.07 Å². The molecule has 0 spiro atoms. The number of halogens is 1. The normalized spacial score (nSPS) is 10.7. The summed E-state index contributed by atoms with van der Waals surface area (Å²) in [7, 11) is 0. The Morgan fingerprint density at radius 2 is 2.33 bits per heavy atom. The Kier molecular flexibility index (Phi) is 4.09. The van der Waals surface area contributed by atoms with Crippen molar-refractivity contribution in [1.82, 2.24) is 9.55 Å². The van der Waals surface area contributed by atoms with Gasteiger partial charge in [-0.25, -0.2) is 4.98 Å². The van der Waals surface area contributed by atoms with Crippen LogP contribution in [0.15, 0.2) is 23.5 Å². The molecule has 0 atom stereocenters. The maximum atomic E-state index is 11.7. The van der Waals surface area contributed by atoms with Gasteiger partial charge in [0.15, 0.2) is 0 Å². The second-order valence-corrected chi connectivity index (χ2v) is 4.05. The van der Waals surface area contributed by atoms with E-state index in [4.69, 9.17) is 11.6 Å². The number of hydrogen-bond acceptors (Lipinski definition) is 2. The van der Waals surface area contributed by atoms with E-state index in [1.807, 2.05) is 13.8 Å². The van der Waals surface area contributed by atoms with Crippen molar-refractivity contribution in [3.63, 3.8) is 0 Å². The van der Waals surface area contributed by atoms with E-state index in [1.54, 1.807) is 10.6 Å². The Morgan fingerprint density at radius 1 is 1.67 bits per heavy atom. The van der Waals surface area contributed by atoms with Gasteiger partial charge in [-0.2, -0.15) is 0 Å². The molecule has 0 radical (unpaired) electrons. The predicted octanol–water partition coefficient (Wildman–Crippen LogP) is 2.60. The molecule has 0 bridgehead atoms. The summed E-state index contributed by atoms with van der Waals surface area (Å²) in [6.07, 6.45) is 2.54. The number of allylic oxidation sites excluding steroid dienone is 1. The number of aromatic nitrogens is 2. The van der Waals surface area contributed by atoms with Gasteiger partial charge in [0.1, 0.15) is 11.0 Å². The highest BCUT2D eigenvalue weighted by molar-refractivity contribution is 6.29. The van der Waals surface area contributed by atoms with Gasteiger partial charge in [-0.05, 0) is 6.42 Å². The lowest BCUT2D eigenvalue weighted by molar-refractivity contribution is 0.586. The molecule has 1 aromatic rings. The van der Waals surface area contributed by atoms with Gasteiger partial charge in [0.2, 0.25) is 0 Å². The van der Waals surface area contributed by atoms with Gasteiger partial charge < -0.3 is 0 Å². The predicted molar refractivity (Wildman–Crippen MR) is 62.4 cm³/mol. The van der Waals surface area contributed by atoms with Crippen LogP contribution in [-0.2, 0) is 6.54 Å². The van der Waals surface area contributed by atoms with E-state index in [0.717, 1.165) is 12.2 Å². The van der Waals surface area contributed by atoms with Gasteiger partial charge in [-0.3, -0.25) is 9.36 Å². The summed E-state index contributed by atoms with van der Waals surface area (Å²) in [5, 5.41) is 0.263. The molecule has 0 amide bonds. The Labute approximate surface area is 94.4 Å². The summed E-state index contributed by atoms with van der Waals surface area (Å²) in [4.78, 5) is 15.9. The molecule has 0 aromatic carbocycles. The summed E-state index contributed by atoms with van der Waals surface area (Å²) < 4.78 is 1.65. The van der Waals surface area contributed by atoms with Crippen LogP contribution in [0.1, 0.15) is 32.0 Å². The Morgan fingerprint density at radius 3 is 2.87 bits per heavy atom. The monoisotopic (exact) mass is 226 g/mol. The Bertz CT molecular complexity index is 410. The topological polar surface area (TPSA) is 34.9 Å². The molecule has 0 aliphatic heterocycles. The minimum absolute atomic E-state index is 0.0967. The van der Waals surface area contributed by atoms with Crippen molar-refractivity contribution in [1.29, 1.82) is 0 Å². The Balaban J connectivity index is 3.20. The van der Waals surface area contributed by atoms with Crippen LogP contribution in [0, 0.1) is 0 Å². The molecule has 0 aliphatic rings. The summed E-state index contributed by atoms with van der Waals surface area (Å²) in [6, 6.07) is 1.34. The van der Waals surface area contributed by atoms with Gasteiger partial charge in [0.25, 0.3) is 5.56 Å². The van der Waals surface area contributed by atoms with E-state index < -0.39 is 0 Å². The fourth-order valence-electron chi connectivity index (χ4n) is 1.38. The molecular weight excluding hydrogens is 212 g/mol. The van der Waals surface area contributed by atoms with Crippen LogP contribution in [-0.4, -0.2) is 9.55 Å². The smallest absolute Gasteiger partial charge is 0.254 e. The molecule has 82 valence electrons. The molecule has 0 saturated carbocycles. The van der Waals surface area contributed by atoms with Gasteiger partial charge in [0.05, 0.1) is 0 Å². The van der Waals surface area contributed by atoms with Crippen LogP contribution < -0.4 is 5.56 Å². The first-order valence-corrected chi connectivity index (χ1v) is 5.32. The maximum Gasteiger partial charge on any atom is 0.254 e. The largest absolute Gasteiger partial charge is 0.296 e. The van der Waals surface area contributed by atoms with Gasteiger partial charge >= 0.3 is 0 Å². The van der Waals surface area contributed by atoms with E-state index >= 15 is 0 Å². The van der Waals surface area contributed by atoms with Crippen LogP contribution in [0.5, 0.6) is 0 Å². The first-order valence-electron chi connectivity index (χ1n) is 4.94. The summed E-state index contributed by atoms with van der Waals surface area (Å²) in [5.41, 5.74) is -0.0967. The van der Waals surface area contributed by atoms with E-state index in [0.29, 0.717) is 6.54 Å². The molecule has 1 aromatic heterocycles. The molecule has 4 heteroatoms. The Hall–Kier alpha value is -1.09. The molecular formula is C11H15ClN2O. The zero-order valence-electron chi connectivity index (χ0n) is 9.03. The fourth-order valence-corrected chi connectivity index (χ4v) is 1.56. The van der Waals surface area contributed by atoms with Crippen molar-refractivity contribution in [2.75, 3.05) is 0 Å². The second-order valence-electron chi connectivity index (χ2n) is 3.66. The minimum atomic E-state index is -0.0967. The number of hydrogen-bond donors (Lipinski definition) is 0. The molecule has 0 unspecified atom stereocenters. The molecule has 0 aliphatic carbocycles. The summed E-state index contributed by atoms with van der Waals surface area (Å²) in [6.45, 7) is 8.22. The molecule has 0 fully saturated rings. The zero-order chi connectivity index (χ0) is 11.4. The minimum Gasteiger partial charge on any atom is -0.296 e. The molecule has 3 nitrogen and oxygen atoms in total. The van der Waals surface area contributed by atoms with Gasteiger partial charge in [0, 0.05) is 18.5 Å². The lowest BCUT2D eigenvalue weighted by Crippen LogP contribution is -2.25. The highest BCUT2D eigenvalue weighted by Gasteiger charge is 2.10. The van der Waals surface area contributed by atoms with Crippen molar-refractivity contribution in [3.05, 3.63) is 40.1 Å². The zero-order valence-corrected chi connectivity index (χ0v) is 9.79.